The zero-order chi connectivity index (χ0) is 32.3. The highest BCUT2D eigenvalue weighted by Crippen LogP contribution is 2.16. The van der Waals surface area contributed by atoms with Gasteiger partial charge in [0.15, 0.2) is 0 Å². The van der Waals surface area contributed by atoms with Gasteiger partial charge in [-0.3, -0.25) is 4.55 Å². The highest BCUT2D eigenvalue weighted by atomic mass is 32.2. The van der Waals surface area contributed by atoms with Crippen molar-refractivity contribution in [2.24, 2.45) is 0 Å². The fourth-order valence-electron chi connectivity index (χ4n) is 5.34. The average molecular weight is 639 g/mol. The Kier molecular flexibility index (Phi) is 24.0. The third-order valence-corrected chi connectivity index (χ3v) is 9.62. The van der Waals surface area contributed by atoms with Crippen molar-refractivity contribution in [3.05, 3.63) is 35.4 Å². The molecular formula is C36H62O7S. The van der Waals surface area contributed by atoms with E-state index in [1.165, 1.54) is 141 Å². The van der Waals surface area contributed by atoms with Crippen LogP contribution in [-0.4, -0.2) is 43.4 Å². The van der Waals surface area contributed by atoms with E-state index in [4.69, 9.17) is 14.0 Å². The fraction of sp³-hybridized carbons (Fsp3) is 0.778. The standard InChI is InChI=1S/C36H62O7S/c1-3-4-5-6-7-8-9-10-11-12-13-14-15-16-17-18-19-20-21-22-23-26-30-42-35(37)33-27-24-25-28-34(33)36(38)43-31-29-32(2)44(39,40)41/h24-25,27-28,32H,3-23,26,29-31H2,1-2H3,(H,39,40,41). The van der Waals surface area contributed by atoms with Crippen LogP contribution in [-0.2, 0) is 19.6 Å². The van der Waals surface area contributed by atoms with Crippen molar-refractivity contribution in [2.75, 3.05) is 13.2 Å². The second-order valence-corrected chi connectivity index (χ2v) is 14.2. The lowest BCUT2D eigenvalue weighted by atomic mass is 10.0. The molecule has 1 rings (SSSR count). The molecule has 1 aromatic carbocycles. The third kappa shape index (κ3) is 20.9. The summed E-state index contributed by atoms with van der Waals surface area (Å²) in [6, 6.07) is 6.25. The molecule has 0 aliphatic heterocycles. The van der Waals surface area contributed by atoms with Crippen molar-refractivity contribution >= 4 is 22.1 Å². The summed E-state index contributed by atoms with van der Waals surface area (Å²) in [6.07, 6.45) is 29.1. The molecule has 0 saturated carbocycles. The van der Waals surface area contributed by atoms with Gasteiger partial charge in [-0.1, -0.05) is 154 Å². The second kappa shape index (κ2) is 26.3. The first kappa shape index (κ1) is 40.1. The number of ether oxygens (including phenoxy) is 2. The van der Waals surface area contributed by atoms with Gasteiger partial charge < -0.3 is 9.47 Å². The molecule has 0 fully saturated rings. The maximum absolute atomic E-state index is 12.6. The van der Waals surface area contributed by atoms with Crippen LogP contribution < -0.4 is 0 Å². The van der Waals surface area contributed by atoms with Crippen molar-refractivity contribution in [1.29, 1.82) is 0 Å². The number of carbonyl (C=O) groups excluding carboxylic acids is 2. The van der Waals surface area contributed by atoms with Crippen molar-refractivity contribution in [2.45, 2.75) is 167 Å². The molecule has 1 unspecified atom stereocenters. The molecule has 8 heteroatoms. The van der Waals surface area contributed by atoms with Crippen molar-refractivity contribution in [3.8, 4) is 0 Å². The van der Waals surface area contributed by atoms with Crippen molar-refractivity contribution in [1.82, 2.24) is 0 Å². The first-order valence-corrected chi connectivity index (χ1v) is 19.2. The van der Waals surface area contributed by atoms with Crippen LogP contribution in [0.4, 0.5) is 0 Å². The summed E-state index contributed by atoms with van der Waals surface area (Å²) in [6.45, 7) is 3.72. The number of hydrogen-bond acceptors (Lipinski definition) is 6. The largest absolute Gasteiger partial charge is 0.462 e. The van der Waals surface area contributed by atoms with Gasteiger partial charge in [0.05, 0.1) is 29.6 Å². The molecule has 1 aromatic rings. The second-order valence-electron chi connectivity index (χ2n) is 12.4. The molecule has 0 spiro atoms. The first-order valence-electron chi connectivity index (χ1n) is 17.7. The van der Waals surface area contributed by atoms with Gasteiger partial charge in [0.25, 0.3) is 10.1 Å². The van der Waals surface area contributed by atoms with E-state index < -0.39 is 27.3 Å². The van der Waals surface area contributed by atoms with E-state index in [2.05, 4.69) is 6.92 Å². The Bertz CT molecular complexity index is 976. The van der Waals surface area contributed by atoms with Crippen molar-refractivity contribution in [3.63, 3.8) is 0 Å². The molecule has 1 atom stereocenters. The zero-order valence-corrected chi connectivity index (χ0v) is 28.7. The summed E-state index contributed by atoms with van der Waals surface area (Å²) >= 11 is 0. The van der Waals surface area contributed by atoms with Crippen LogP contribution in [0.15, 0.2) is 24.3 Å². The van der Waals surface area contributed by atoms with Gasteiger partial charge in [0.1, 0.15) is 0 Å². The summed E-state index contributed by atoms with van der Waals surface area (Å²) in [5, 5.41) is -1.05. The molecule has 0 aliphatic carbocycles. The topological polar surface area (TPSA) is 107 Å². The van der Waals surface area contributed by atoms with E-state index in [0.29, 0.717) is 6.61 Å². The normalized spacial score (nSPS) is 12.2. The van der Waals surface area contributed by atoms with E-state index in [0.717, 1.165) is 19.3 Å². The summed E-state index contributed by atoms with van der Waals surface area (Å²) in [5.41, 5.74) is 0.199. The molecule has 0 heterocycles. The van der Waals surface area contributed by atoms with Gasteiger partial charge in [-0.15, -0.1) is 0 Å². The minimum Gasteiger partial charge on any atom is -0.462 e. The predicted octanol–water partition coefficient (Wildman–Crippen LogP) is 10.3. The molecule has 0 aromatic heterocycles. The maximum atomic E-state index is 12.6. The van der Waals surface area contributed by atoms with E-state index in [-0.39, 0.29) is 24.2 Å². The van der Waals surface area contributed by atoms with Crippen LogP contribution >= 0.6 is 0 Å². The molecule has 0 radical (unpaired) electrons. The molecular weight excluding hydrogens is 576 g/mol. The monoisotopic (exact) mass is 638 g/mol. The van der Waals surface area contributed by atoms with Gasteiger partial charge in [-0.2, -0.15) is 8.42 Å². The van der Waals surface area contributed by atoms with E-state index in [1.807, 2.05) is 0 Å². The minimum absolute atomic E-state index is 0.0449. The van der Waals surface area contributed by atoms with Gasteiger partial charge in [-0.25, -0.2) is 9.59 Å². The molecule has 0 saturated heterocycles. The molecule has 0 bridgehead atoms. The molecule has 44 heavy (non-hydrogen) atoms. The van der Waals surface area contributed by atoms with Gasteiger partial charge in [-0.05, 0) is 25.5 Å². The Hall–Kier alpha value is -1.93. The van der Waals surface area contributed by atoms with E-state index in [9.17, 15) is 18.0 Å². The number of hydrogen-bond donors (Lipinski definition) is 1. The van der Waals surface area contributed by atoms with Gasteiger partial charge in [0, 0.05) is 6.42 Å². The maximum Gasteiger partial charge on any atom is 0.339 e. The summed E-state index contributed by atoms with van der Waals surface area (Å²) in [4.78, 5) is 25.0. The van der Waals surface area contributed by atoms with E-state index in [1.54, 1.807) is 12.1 Å². The fourth-order valence-corrected chi connectivity index (χ4v) is 5.73. The van der Waals surface area contributed by atoms with Crippen LogP contribution in [0.2, 0.25) is 0 Å². The number of rotatable bonds is 29. The predicted molar refractivity (Wildman–Crippen MR) is 180 cm³/mol. The van der Waals surface area contributed by atoms with Gasteiger partial charge in [0.2, 0.25) is 0 Å². The number of esters is 2. The van der Waals surface area contributed by atoms with Crippen LogP contribution in [0, 0.1) is 0 Å². The zero-order valence-electron chi connectivity index (χ0n) is 27.9. The Balaban J connectivity index is 1.97. The van der Waals surface area contributed by atoms with Gasteiger partial charge >= 0.3 is 11.9 Å². The SMILES string of the molecule is CCCCCCCCCCCCCCCCCCCCCCCCOC(=O)c1ccccc1C(=O)OCCC(C)S(=O)(=O)O. The first-order chi connectivity index (χ1) is 21.3. The number of unbranched alkanes of at least 4 members (excludes halogenated alkanes) is 21. The molecule has 254 valence electrons. The molecule has 7 nitrogen and oxygen atoms in total. The smallest absolute Gasteiger partial charge is 0.339 e. The molecule has 0 aliphatic rings. The molecule has 0 amide bonds. The van der Waals surface area contributed by atoms with Crippen LogP contribution in [0.3, 0.4) is 0 Å². The lowest BCUT2D eigenvalue weighted by molar-refractivity contribution is 0.0451. The highest BCUT2D eigenvalue weighted by Gasteiger charge is 2.21. The van der Waals surface area contributed by atoms with Crippen LogP contribution in [0.25, 0.3) is 0 Å². The summed E-state index contributed by atoms with van der Waals surface area (Å²) in [7, 11) is -4.19. The Morgan fingerprint density at radius 2 is 0.909 bits per heavy atom. The lowest BCUT2D eigenvalue weighted by Crippen LogP contribution is -2.20. The summed E-state index contributed by atoms with van der Waals surface area (Å²) < 4.78 is 41.7. The quantitative estimate of drug-likeness (QED) is 0.0528. The number of benzene rings is 1. The Morgan fingerprint density at radius 3 is 1.25 bits per heavy atom. The molecule has 1 N–H and O–H groups in total. The third-order valence-electron chi connectivity index (χ3n) is 8.36. The lowest BCUT2D eigenvalue weighted by Gasteiger charge is -2.11. The Labute approximate surface area is 269 Å². The summed E-state index contributed by atoms with van der Waals surface area (Å²) in [5.74, 6) is -1.31. The van der Waals surface area contributed by atoms with Crippen LogP contribution in [0.1, 0.15) is 182 Å². The van der Waals surface area contributed by atoms with E-state index >= 15 is 0 Å². The number of carbonyl (C=O) groups is 2. The Morgan fingerprint density at radius 1 is 0.591 bits per heavy atom. The van der Waals surface area contributed by atoms with Crippen LogP contribution in [0.5, 0.6) is 0 Å². The average Bonchev–Trinajstić information content (AvgIpc) is 3.00. The highest BCUT2D eigenvalue weighted by molar-refractivity contribution is 7.86. The van der Waals surface area contributed by atoms with Crippen molar-refractivity contribution < 1.29 is 32.0 Å². The minimum atomic E-state index is -4.19.